The summed E-state index contributed by atoms with van der Waals surface area (Å²) < 4.78 is 0. The average molecular weight is 235 g/mol. The van der Waals surface area contributed by atoms with Gasteiger partial charge in [-0.05, 0) is 0 Å². The summed E-state index contributed by atoms with van der Waals surface area (Å²) in [5, 5.41) is 2.66. The van der Waals surface area contributed by atoms with Crippen LogP contribution in [0.1, 0.15) is 0 Å². The maximum atomic E-state index is 4.92. The van der Waals surface area contributed by atoms with Gasteiger partial charge >= 0.3 is 35.6 Å². The summed E-state index contributed by atoms with van der Waals surface area (Å²) in [6.45, 7) is 0. The van der Waals surface area contributed by atoms with Crippen molar-refractivity contribution in [3.63, 3.8) is 0 Å². The summed E-state index contributed by atoms with van der Waals surface area (Å²) in [6.07, 6.45) is 0. The molecule has 12 heavy (non-hydrogen) atoms. The van der Waals surface area contributed by atoms with Crippen molar-refractivity contribution in [1.82, 2.24) is 0 Å². The van der Waals surface area contributed by atoms with Crippen LogP contribution in [0.3, 0.4) is 0 Å². The first-order chi connectivity index (χ1) is 5.88. The van der Waals surface area contributed by atoms with Crippen LogP contribution in [0.5, 0.6) is 0 Å². The molecule has 0 bridgehead atoms. The molecule has 0 radical (unpaired) electrons. The number of rotatable bonds is 0. The zero-order valence-corrected chi connectivity index (χ0v) is 9.69. The van der Waals surface area contributed by atoms with Crippen molar-refractivity contribution >= 4 is 29.4 Å². The Balaban J connectivity index is 0.000000213. The Bertz CT molecular complexity index is 300. The summed E-state index contributed by atoms with van der Waals surface area (Å²) in [7, 11) is 9.84. The van der Waals surface area contributed by atoms with Gasteiger partial charge in [-0.15, -0.1) is 29.7 Å². The second kappa shape index (κ2) is 5.72. The van der Waals surface area contributed by atoms with Crippen LogP contribution < -0.4 is 0 Å². The van der Waals surface area contributed by atoms with E-state index < -0.39 is 17.0 Å². The Kier molecular flexibility index (Phi) is 4.86. The second-order valence-corrected chi connectivity index (χ2v) is 5.22. The molecule has 0 heterocycles. The Labute approximate surface area is 88.5 Å². The normalized spacial score (nSPS) is 8.83. The molecule has 0 fully saturated rings. The van der Waals surface area contributed by atoms with E-state index in [1.807, 2.05) is 0 Å². The standard InChI is InChI=1S/C9H7.2ClH.Ti.H/c1-2-5-9-7-3-6-8(9)4-1;;;;/h1-7H;2*1H;;/q-1;;;+3;/p-2. The fourth-order valence-corrected chi connectivity index (χ4v) is 1.07. The summed E-state index contributed by atoms with van der Waals surface area (Å²) in [6, 6.07) is 14.7. The maximum absolute atomic E-state index is 4.92. The molecule has 0 aliphatic carbocycles. The average Bonchev–Trinajstić information content (AvgIpc) is 2.52. The molecule has 0 spiro atoms. The third-order valence-corrected chi connectivity index (χ3v) is 1.55. The molecule has 2 rings (SSSR count). The van der Waals surface area contributed by atoms with E-state index >= 15 is 0 Å². The summed E-state index contributed by atoms with van der Waals surface area (Å²) >= 11 is -0.743. The van der Waals surface area contributed by atoms with Gasteiger partial charge in [0.15, 0.2) is 0 Å². The van der Waals surface area contributed by atoms with E-state index in [0.717, 1.165) is 0 Å². The van der Waals surface area contributed by atoms with Gasteiger partial charge in [-0.2, -0.15) is 17.5 Å². The van der Waals surface area contributed by atoms with Gasteiger partial charge in [0, 0.05) is 0 Å². The van der Waals surface area contributed by atoms with Gasteiger partial charge in [-0.1, -0.05) is 6.07 Å². The number of halogens is 2. The molecular weight excluding hydrogens is 227 g/mol. The first-order valence-corrected chi connectivity index (χ1v) is 8.47. The third kappa shape index (κ3) is 2.87. The molecular formula is C9H8Cl2Ti. The second-order valence-electron chi connectivity index (χ2n) is 2.24. The molecule has 62 valence electrons. The molecule has 0 N–H and O–H groups in total. The molecule has 0 saturated heterocycles. The zero-order chi connectivity index (χ0) is 8.81. The van der Waals surface area contributed by atoms with Crippen LogP contribution in [0.2, 0.25) is 0 Å². The summed E-state index contributed by atoms with van der Waals surface area (Å²) in [5.74, 6) is 0. The SMILES string of the molecule is [Cl][TiH+][Cl].c1ccc2[cH-]ccc2c1. The first-order valence-electron chi connectivity index (χ1n) is 3.51. The monoisotopic (exact) mass is 234 g/mol. The summed E-state index contributed by atoms with van der Waals surface area (Å²) in [4.78, 5) is 0. The van der Waals surface area contributed by atoms with Crippen LogP contribution in [-0.2, 0) is 17.0 Å². The predicted molar refractivity (Wildman–Crippen MR) is 52.6 cm³/mol. The van der Waals surface area contributed by atoms with Gasteiger partial charge in [0.05, 0.1) is 0 Å². The topological polar surface area (TPSA) is 0 Å². The van der Waals surface area contributed by atoms with Crippen molar-refractivity contribution in [3.05, 3.63) is 42.5 Å². The molecule has 0 unspecified atom stereocenters. The molecule has 0 atom stereocenters. The third-order valence-electron chi connectivity index (χ3n) is 1.55. The van der Waals surface area contributed by atoms with Gasteiger partial charge in [0.25, 0.3) is 0 Å². The zero-order valence-electron chi connectivity index (χ0n) is 6.37. The van der Waals surface area contributed by atoms with Crippen molar-refractivity contribution in [3.8, 4) is 0 Å². The Morgan fingerprint density at radius 1 is 1.08 bits per heavy atom. The van der Waals surface area contributed by atoms with Gasteiger partial charge in [0.1, 0.15) is 0 Å². The Morgan fingerprint density at radius 2 is 1.75 bits per heavy atom. The molecule has 0 aromatic heterocycles. The van der Waals surface area contributed by atoms with Gasteiger partial charge in [-0.3, -0.25) is 0 Å². The quantitative estimate of drug-likeness (QED) is 0.482. The number of fused-ring (bicyclic) bond motifs is 1. The number of hydrogen-bond acceptors (Lipinski definition) is 0. The molecule has 3 heteroatoms. The van der Waals surface area contributed by atoms with Gasteiger partial charge < -0.3 is 0 Å². The van der Waals surface area contributed by atoms with Crippen LogP contribution >= 0.6 is 18.6 Å². The number of hydrogen-bond donors (Lipinski definition) is 0. The van der Waals surface area contributed by atoms with E-state index in [1.165, 1.54) is 10.8 Å². The van der Waals surface area contributed by atoms with Gasteiger partial charge in [-0.25, -0.2) is 0 Å². The minimum Gasteiger partial charge on any atom is -0.168 e. The minimum absolute atomic E-state index is 0.743. The molecule has 2 aromatic carbocycles. The van der Waals surface area contributed by atoms with Crippen molar-refractivity contribution in [1.29, 1.82) is 0 Å². The maximum Gasteiger partial charge on any atom is -0.0809 e. The van der Waals surface area contributed by atoms with Crippen LogP contribution in [0.25, 0.3) is 10.8 Å². The van der Waals surface area contributed by atoms with Gasteiger partial charge in [0.2, 0.25) is 0 Å². The molecule has 0 saturated carbocycles. The van der Waals surface area contributed by atoms with E-state index in [2.05, 4.69) is 42.5 Å². The first kappa shape index (κ1) is 10.2. The fourth-order valence-electron chi connectivity index (χ4n) is 1.07. The fraction of sp³-hybridized carbons (Fsp3) is 0. The van der Waals surface area contributed by atoms with Crippen molar-refractivity contribution in [2.45, 2.75) is 0 Å². The molecule has 0 aliphatic heterocycles. The van der Waals surface area contributed by atoms with Crippen molar-refractivity contribution in [2.75, 3.05) is 0 Å². The minimum atomic E-state index is -0.743. The van der Waals surface area contributed by atoms with E-state index in [0.29, 0.717) is 0 Å². The van der Waals surface area contributed by atoms with E-state index in [1.54, 1.807) is 0 Å². The smallest absolute Gasteiger partial charge is 0.0809 e. The van der Waals surface area contributed by atoms with E-state index in [9.17, 15) is 0 Å². The number of benzene rings is 1. The Morgan fingerprint density at radius 3 is 2.42 bits per heavy atom. The van der Waals surface area contributed by atoms with E-state index in [-0.39, 0.29) is 0 Å². The van der Waals surface area contributed by atoms with Crippen LogP contribution in [-0.4, -0.2) is 0 Å². The van der Waals surface area contributed by atoms with Crippen molar-refractivity contribution in [2.24, 2.45) is 0 Å². The molecule has 0 aliphatic rings. The molecule has 0 amide bonds. The Hall–Kier alpha value is 0.124. The van der Waals surface area contributed by atoms with Crippen LogP contribution in [0.15, 0.2) is 42.5 Å². The molecule has 2 aromatic rings. The van der Waals surface area contributed by atoms with E-state index in [4.69, 9.17) is 18.6 Å². The van der Waals surface area contributed by atoms with Crippen LogP contribution in [0.4, 0.5) is 0 Å². The summed E-state index contributed by atoms with van der Waals surface area (Å²) in [5.41, 5.74) is 0. The van der Waals surface area contributed by atoms with Crippen molar-refractivity contribution < 1.29 is 17.0 Å². The van der Waals surface area contributed by atoms with Crippen LogP contribution in [0, 0.1) is 0 Å². The largest absolute Gasteiger partial charge is 0.168 e. The molecule has 0 nitrogen and oxygen atoms in total. The predicted octanol–water partition coefficient (Wildman–Crippen LogP) is 3.67.